The highest BCUT2D eigenvalue weighted by molar-refractivity contribution is 5.49. The fourth-order valence-corrected chi connectivity index (χ4v) is 3.49. The maximum Gasteiger partial charge on any atom is 0.0991 e. The molecule has 0 radical (unpaired) electrons. The molecule has 2 rings (SSSR count). The molecule has 2 unspecified atom stereocenters. The van der Waals surface area contributed by atoms with Crippen molar-refractivity contribution in [2.24, 2.45) is 5.92 Å². The number of hydrogen-bond donors (Lipinski definition) is 1. The quantitative estimate of drug-likeness (QED) is 0.589. The summed E-state index contributed by atoms with van der Waals surface area (Å²) in [7, 11) is 0. The van der Waals surface area contributed by atoms with Crippen LogP contribution in [0.25, 0.3) is 0 Å². The first-order valence-electron chi connectivity index (χ1n) is 8.09. The molecule has 1 N–H and O–H groups in total. The number of rotatable bonds is 5. The maximum atomic E-state index is 8.91. The molecular weight excluding hydrogens is 256 g/mol. The number of hydrogen-bond acceptors (Lipinski definition) is 2. The Morgan fingerprint density at radius 2 is 2.10 bits per heavy atom. The molecule has 1 fully saturated rings. The fourth-order valence-electron chi connectivity index (χ4n) is 3.49. The molecule has 1 aliphatic rings. The minimum absolute atomic E-state index is 0.166. The van der Waals surface area contributed by atoms with E-state index in [1.54, 1.807) is 0 Å². The standard InChI is InChI=1S/C19H26N2/c1-3-4-13-19(14-7-5-6-8-16(19)2)21-18-11-9-17(15-20)10-12-18/h3,9-12,16,21H,1,4-8,13-14H2,2H3. The SMILES string of the molecule is C=CCCC1(Nc2ccc(C#N)cc2)CCCCCC1C. The number of benzene rings is 1. The normalized spacial score (nSPS) is 25.6. The molecule has 0 heterocycles. The average Bonchev–Trinajstić information content (AvgIpc) is 2.69. The summed E-state index contributed by atoms with van der Waals surface area (Å²) < 4.78 is 0. The van der Waals surface area contributed by atoms with Gasteiger partial charge in [-0.25, -0.2) is 0 Å². The van der Waals surface area contributed by atoms with Gasteiger partial charge in [0.05, 0.1) is 11.6 Å². The minimum atomic E-state index is 0.166. The Balaban J connectivity index is 2.21. The molecular formula is C19H26N2. The van der Waals surface area contributed by atoms with E-state index in [-0.39, 0.29) is 5.54 Å². The second-order valence-electron chi connectivity index (χ2n) is 6.30. The molecule has 2 heteroatoms. The van der Waals surface area contributed by atoms with E-state index in [1.165, 1.54) is 32.1 Å². The summed E-state index contributed by atoms with van der Waals surface area (Å²) in [5, 5.41) is 12.7. The van der Waals surface area contributed by atoms with Gasteiger partial charge in [-0.05, 0) is 55.9 Å². The Hall–Kier alpha value is -1.75. The molecule has 112 valence electrons. The van der Waals surface area contributed by atoms with E-state index in [4.69, 9.17) is 5.26 Å². The van der Waals surface area contributed by atoms with Gasteiger partial charge in [-0.3, -0.25) is 0 Å². The number of nitrogens with zero attached hydrogens (tertiary/aromatic N) is 1. The van der Waals surface area contributed by atoms with E-state index in [9.17, 15) is 0 Å². The largest absolute Gasteiger partial charge is 0.379 e. The molecule has 0 amide bonds. The van der Waals surface area contributed by atoms with Crippen molar-refractivity contribution in [3.8, 4) is 6.07 Å². The van der Waals surface area contributed by atoms with Gasteiger partial charge < -0.3 is 5.32 Å². The molecule has 0 spiro atoms. The smallest absolute Gasteiger partial charge is 0.0991 e. The Labute approximate surface area is 128 Å². The average molecular weight is 282 g/mol. The second-order valence-corrected chi connectivity index (χ2v) is 6.30. The van der Waals surface area contributed by atoms with Crippen LogP contribution in [0, 0.1) is 17.2 Å². The van der Waals surface area contributed by atoms with Gasteiger partial charge in [0.15, 0.2) is 0 Å². The van der Waals surface area contributed by atoms with Crippen LogP contribution in [0.2, 0.25) is 0 Å². The predicted molar refractivity (Wildman–Crippen MR) is 89.2 cm³/mol. The Kier molecular flexibility index (Phi) is 5.44. The van der Waals surface area contributed by atoms with E-state index >= 15 is 0 Å². The Bertz CT molecular complexity index is 497. The van der Waals surface area contributed by atoms with Crippen LogP contribution >= 0.6 is 0 Å². The zero-order valence-corrected chi connectivity index (χ0v) is 13.1. The third-order valence-corrected chi connectivity index (χ3v) is 4.91. The van der Waals surface area contributed by atoms with Crippen molar-refractivity contribution >= 4 is 5.69 Å². The molecule has 0 bridgehead atoms. The van der Waals surface area contributed by atoms with E-state index in [0.29, 0.717) is 5.92 Å². The van der Waals surface area contributed by atoms with E-state index in [0.717, 1.165) is 24.1 Å². The van der Waals surface area contributed by atoms with Crippen molar-refractivity contribution in [2.45, 2.75) is 57.4 Å². The molecule has 0 aromatic heterocycles. The predicted octanol–water partition coefficient (Wildman–Crippen LogP) is 5.28. The molecule has 2 nitrogen and oxygen atoms in total. The molecule has 1 saturated carbocycles. The van der Waals surface area contributed by atoms with Gasteiger partial charge in [0.1, 0.15) is 0 Å². The maximum absolute atomic E-state index is 8.91. The first-order valence-corrected chi connectivity index (χ1v) is 8.09. The lowest BCUT2D eigenvalue weighted by Crippen LogP contribution is -2.44. The molecule has 2 atom stereocenters. The summed E-state index contributed by atoms with van der Waals surface area (Å²) in [5.74, 6) is 0.663. The molecule has 1 aliphatic carbocycles. The summed E-state index contributed by atoms with van der Waals surface area (Å²) in [6.45, 7) is 6.27. The van der Waals surface area contributed by atoms with Crippen LogP contribution in [0.5, 0.6) is 0 Å². The highest BCUT2D eigenvalue weighted by Crippen LogP contribution is 2.38. The number of anilines is 1. The van der Waals surface area contributed by atoms with Crippen LogP contribution in [-0.4, -0.2) is 5.54 Å². The third-order valence-electron chi connectivity index (χ3n) is 4.91. The molecule has 0 saturated heterocycles. The summed E-state index contributed by atoms with van der Waals surface area (Å²) in [6.07, 6.45) is 10.7. The monoisotopic (exact) mass is 282 g/mol. The van der Waals surface area contributed by atoms with Gasteiger partial charge in [0.25, 0.3) is 0 Å². The highest BCUT2D eigenvalue weighted by atomic mass is 15.0. The van der Waals surface area contributed by atoms with Crippen molar-refractivity contribution in [2.75, 3.05) is 5.32 Å². The lowest BCUT2D eigenvalue weighted by molar-refractivity contribution is 0.283. The third kappa shape index (κ3) is 3.88. The van der Waals surface area contributed by atoms with E-state index in [2.05, 4.69) is 24.9 Å². The van der Waals surface area contributed by atoms with Crippen molar-refractivity contribution in [3.05, 3.63) is 42.5 Å². The summed E-state index contributed by atoms with van der Waals surface area (Å²) in [5.41, 5.74) is 2.01. The van der Waals surface area contributed by atoms with Crippen molar-refractivity contribution < 1.29 is 0 Å². The fraction of sp³-hybridized carbons (Fsp3) is 0.526. The van der Waals surface area contributed by atoms with Crippen LogP contribution in [0.1, 0.15) is 57.4 Å². The van der Waals surface area contributed by atoms with E-state index in [1.807, 2.05) is 30.3 Å². The Morgan fingerprint density at radius 3 is 2.76 bits per heavy atom. The van der Waals surface area contributed by atoms with Crippen molar-refractivity contribution in [1.29, 1.82) is 5.26 Å². The summed E-state index contributed by atoms with van der Waals surface area (Å²) in [4.78, 5) is 0. The van der Waals surface area contributed by atoms with Gasteiger partial charge >= 0.3 is 0 Å². The van der Waals surface area contributed by atoms with Gasteiger partial charge in [-0.2, -0.15) is 5.26 Å². The first-order chi connectivity index (χ1) is 10.2. The van der Waals surface area contributed by atoms with Crippen molar-refractivity contribution in [1.82, 2.24) is 0 Å². The highest BCUT2D eigenvalue weighted by Gasteiger charge is 2.36. The van der Waals surface area contributed by atoms with Crippen LogP contribution in [0.3, 0.4) is 0 Å². The number of nitrogens with one attached hydrogen (secondary N) is 1. The van der Waals surface area contributed by atoms with Crippen LogP contribution in [0.15, 0.2) is 36.9 Å². The zero-order valence-electron chi connectivity index (χ0n) is 13.1. The molecule has 1 aromatic carbocycles. The van der Waals surface area contributed by atoms with Crippen molar-refractivity contribution in [3.63, 3.8) is 0 Å². The minimum Gasteiger partial charge on any atom is -0.379 e. The summed E-state index contributed by atoms with van der Waals surface area (Å²) in [6, 6.07) is 10.0. The molecule has 1 aromatic rings. The first kappa shape index (κ1) is 15.6. The van der Waals surface area contributed by atoms with E-state index < -0.39 is 0 Å². The van der Waals surface area contributed by atoms with Gasteiger partial charge in [0.2, 0.25) is 0 Å². The topological polar surface area (TPSA) is 35.8 Å². The lowest BCUT2D eigenvalue weighted by Gasteiger charge is -2.40. The number of allylic oxidation sites excluding steroid dienone is 1. The van der Waals surface area contributed by atoms with Crippen LogP contribution < -0.4 is 5.32 Å². The lowest BCUT2D eigenvalue weighted by atomic mass is 9.77. The second kappa shape index (κ2) is 7.31. The van der Waals surface area contributed by atoms with Gasteiger partial charge in [-0.1, -0.05) is 32.3 Å². The number of nitriles is 1. The van der Waals surface area contributed by atoms with Gasteiger partial charge in [-0.15, -0.1) is 6.58 Å². The zero-order chi connectivity index (χ0) is 15.1. The van der Waals surface area contributed by atoms with Gasteiger partial charge in [0, 0.05) is 11.2 Å². The van der Waals surface area contributed by atoms with Crippen LogP contribution in [-0.2, 0) is 0 Å². The Morgan fingerprint density at radius 1 is 1.33 bits per heavy atom. The molecule has 0 aliphatic heterocycles. The summed E-state index contributed by atoms with van der Waals surface area (Å²) >= 11 is 0. The molecule has 21 heavy (non-hydrogen) atoms. The van der Waals surface area contributed by atoms with Crippen LogP contribution in [0.4, 0.5) is 5.69 Å².